The molecule has 0 saturated heterocycles. The van der Waals surface area contributed by atoms with Crippen LogP contribution in [-0.2, 0) is 16.1 Å². The number of methoxy groups -OCH3 is 2. The average molecular weight is 388 g/mol. The quantitative estimate of drug-likeness (QED) is 0.702. The van der Waals surface area contributed by atoms with Gasteiger partial charge in [-0.1, -0.05) is 12.1 Å². The van der Waals surface area contributed by atoms with Crippen LogP contribution in [0.25, 0.3) is 0 Å². The Bertz CT molecular complexity index is 793. The monoisotopic (exact) mass is 388 g/mol. The minimum atomic E-state index is -0.111. The summed E-state index contributed by atoms with van der Waals surface area (Å²) in [5.74, 6) is 1.50. The van der Waals surface area contributed by atoms with Crippen molar-refractivity contribution in [3.63, 3.8) is 0 Å². The van der Waals surface area contributed by atoms with Crippen LogP contribution in [0.3, 0.4) is 0 Å². The lowest BCUT2D eigenvalue weighted by molar-refractivity contribution is -0.127. The maximum absolute atomic E-state index is 12.5. The van der Waals surface area contributed by atoms with Gasteiger partial charge in [-0.25, -0.2) is 0 Å². The molecule has 0 heterocycles. The van der Waals surface area contributed by atoms with Gasteiger partial charge in [0, 0.05) is 36.7 Å². The number of ether oxygens (including phenoxy) is 2. The molecule has 0 saturated carbocycles. The number of carbonyl (C=O) groups excluding carboxylic acids is 2. The second-order valence-corrected chi connectivity index (χ2v) is 6.95. The van der Waals surface area contributed by atoms with E-state index in [1.165, 1.54) is 18.7 Å². The molecule has 144 valence electrons. The van der Waals surface area contributed by atoms with Crippen LogP contribution in [-0.4, -0.2) is 43.7 Å². The molecular weight excluding hydrogens is 364 g/mol. The molecule has 0 bridgehead atoms. The van der Waals surface area contributed by atoms with E-state index >= 15 is 0 Å². The summed E-state index contributed by atoms with van der Waals surface area (Å²) < 4.78 is 10.7. The first-order valence-electron chi connectivity index (χ1n) is 8.39. The predicted molar refractivity (Wildman–Crippen MR) is 107 cm³/mol. The van der Waals surface area contributed by atoms with Crippen molar-refractivity contribution in [2.75, 3.05) is 32.3 Å². The van der Waals surface area contributed by atoms with Crippen LogP contribution >= 0.6 is 11.8 Å². The fourth-order valence-electron chi connectivity index (χ4n) is 2.51. The van der Waals surface area contributed by atoms with Crippen molar-refractivity contribution in [3.05, 3.63) is 48.0 Å². The van der Waals surface area contributed by atoms with Crippen LogP contribution in [0.4, 0.5) is 5.69 Å². The number of amides is 2. The minimum absolute atomic E-state index is 0.0100. The van der Waals surface area contributed by atoms with Crippen LogP contribution in [0, 0.1) is 0 Å². The molecule has 0 unspecified atom stereocenters. The Morgan fingerprint density at radius 2 is 1.78 bits per heavy atom. The summed E-state index contributed by atoms with van der Waals surface area (Å²) in [6.07, 6.45) is 0. The van der Waals surface area contributed by atoms with Gasteiger partial charge in [0.1, 0.15) is 0 Å². The third kappa shape index (κ3) is 5.92. The number of benzene rings is 2. The van der Waals surface area contributed by atoms with E-state index in [-0.39, 0.29) is 11.8 Å². The van der Waals surface area contributed by atoms with Gasteiger partial charge in [0.2, 0.25) is 11.8 Å². The smallest absolute Gasteiger partial charge is 0.232 e. The summed E-state index contributed by atoms with van der Waals surface area (Å²) in [5.41, 5.74) is 1.62. The Labute approximate surface area is 163 Å². The second kappa shape index (κ2) is 9.87. The Morgan fingerprint density at radius 3 is 2.37 bits per heavy atom. The number of nitrogens with zero attached hydrogens (tertiary/aromatic N) is 1. The van der Waals surface area contributed by atoms with E-state index < -0.39 is 0 Å². The first-order valence-corrected chi connectivity index (χ1v) is 9.37. The zero-order chi connectivity index (χ0) is 19.8. The molecule has 0 atom stereocenters. The first-order chi connectivity index (χ1) is 12.9. The van der Waals surface area contributed by atoms with Crippen LogP contribution in [0.2, 0.25) is 0 Å². The number of rotatable bonds is 8. The SMILES string of the molecule is COc1cccc(CN(C)C(=O)CSc2ccc(NC(C)=O)cc2)c1OC. The lowest BCUT2D eigenvalue weighted by atomic mass is 10.1. The van der Waals surface area contributed by atoms with Crippen LogP contribution in [0.1, 0.15) is 12.5 Å². The van der Waals surface area contributed by atoms with Gasteiger partial charge < -0.3 is 19.7 Å². The van der Waals surface area contributed by atoms with Crippen molar-refractivity contribution >= 4 is 29.3 Å². The van der Waals surface area contributed by atoms with Crippen molar-refractivity contribution in [2.24, 2.45) is 0 Å². The summed E-state index contributed by atoms with van der Waals surface area (Å²) in [6, 6.07) is 13.0. The zero-order valence-electron chi connectivity index (χ0n) is 15.9. The van der Waals surface area contributed by atoms with E-state index in [0.29, 0.717) is 23.8 Å². The highest BCUT2D eigenvalue weighted by Crippen LogP contribution is 2.31. The topological polar surface area (TPSA) is 67.9 Å². The molecule has 2 aromatic rings. The Kier molecular flexibility index (Phi) is 7.55. The molecule has 0 radical (unpaired) electrons. The first kappa shape index (κ1) is 20.6. The van der Waals surface area contributed by atoms with Crippen molar-refractivity contribution in [3.8, 4) is 11.5 Å². The Hall–Kier alpha value is -2.67. The molecule has 2 amide bonds. The van der Waals surface area contributed by atoms with Gasteiger partial charge in [-0.2, -0.15) is 0 Å². The van der Waals surface area contributed by atoms with E-state index in [0.717, 1.165) is 16.1 Å². The fraction of sp³-hybridized carbons (Fsp3) is 0.300. The predicted octanol–water partition coefficient (Wildman–Crippen LogP) is 3.41. The summed E-state index contributed by atoms with van der Waals surface area (Å²) in [5, 5.41) is 2.72. The van der Waals surface area contributed by atoms with Crippen molar-refractivity contribution in [2.45, 2.75) is 18.4 Å². The number of anilines is 1. The molecule has 1 N–H and O–H groups in total. The Balaban J connectivity index is 1.93. The molecule has 2 aromatic carbocycles. The number of carbonyl (C=O) groups is 2. The molecule has 27 heavy (non-hydrogen) atoms. The summed E-state index contributed by atoms with van der Waals surface area (Å²) in [6.45, 7) is 1.90. The van der Waals surface area contributed by atoms with Crippen molar-refractivity contribution in [1.82, 2.24) is 4.90 Å². The fourth-order valence-corrected chi connectivity index (χ4v) is 3.35. The molecule has 6 nitrogen and oxygen atoms in total. The summed E-state index contributed by atoms with van der Waals surface area (Å²) in [7, 11) is 4.94. The van der Waals surface area contributed by atoms with Crippen LogP contribution in [0.15, 0.2) is 47.4 Å². The molecule has 7 heteroatoms. The second-order valence-electron chi connectivity index (χ2n) is 5.90. The number of hydrogen-bond donors (Lipinski definition) is 1. The maximum Gasteiger partial charge on any atom is 0.232 e. The average Bonchev–Trinajstić information content (AvgIpc) is 2.66. The number of thioether (sulfide) groups is 1. The lowest BCUT2D eigenvalue weighted by Crippen LogP contribution is -2.28. The molecule has 0 aliphatic heterocycles. The molecule has 0 aliphatic carbocycles. The number of para-hydroxylation sites is 1. The maximum atomic E-state index is 12.5. The van der Waals surface area contributed by atoms with E-state index in [1.807, 2.05) is 42.5 Å². The minimum Gasteiger partial charge on any atom is -0.493 e. The van der Waals surface area contributed by atoms with Crippen LogP contribution in [0.5, 0.6) is 11.5 Å². The molecule has 2 rings (SSSR count). The molecule has 0 fully saturated rings. The van der Waals surface area contributed by atoms with E-state index in [9.17, 15) is 9.59 Å². The largest absolute Gasteiger partial charge is 0.493 e. The zero-order valence-corrected chi connectivity index (χ0v) is 16.8. The van der Waals surface area contributed by atoms with Gasteiger partial charge in [0.05, 0.1) is 20.0 Å². The summed E-state index contributed by atoms with van der Waals surface area (Å²) >= 11 is 1.45. The van der Waals surface area contributed by atoms with E-state index in [2.05, 4.69) is 5.32 Å². The normalized spacial score (nSPS) is 10.2. The highest BCUT2D eigenvalue weighted by atomic mass is 32.2. The van der Waals surface area contributed by atoms with Crippen LogP contribution < -0.4 is 14.8 Å². The highest BCUT2D eigenvalue weighted by Gasteiger charge is 2.15. The van der Waals surface area contributed by atoms with Crippen molar-refractivity contribution < 1.29 is 19.1 Å². The van der Waals surface area contributed by atoms with E-state index in [1.54, 1.807) is 26.2 Å². The van der Waals surface area contributed by atoms with Crippen molar-refractivity contribution in [1.29, 1.82) is 0 Å². The van der Waals surface area contributed by atoms with Gasteiger partial charge in [-0.15, -0.1) is 11.8 Å². The number of nitrogens with one attached hydrogen (secondary N) is 1. The van der Waals surface area contributed by atoms with Gasteiger partial charge in [0.25, 0.3) is 0 Å². The molecule has 0 spiro atoms. The highest BCUT2D eigenvalue weighted by molar-refractivity contribution is 8.00. The molecule has 0 aromatic heterocycles. The molecule has 0 aliphatic rings. The third-order valence-electron chi connectivity index (χ3n) is 3.85. The third-order valence-corrected chi connectivity index (χ3v) is 4.85. The summed E-state index contributed by atoms with van der Waals surface area (Å²) in [4.78, 5) is 26.1. The number of hydrogen-bond acceptors (Lipinski definition) is 5. The molecular formula is C20H24N2O4S. The van der Waals surface area contributed by atoms with Gasteiger partial charge in [-0.05, 0) is 30.3 Å². The van der Waals surface area contributed by atoms with Gasteiger partial charge in [-0.3, -0.25) is 9.59 Å². The lowest BCUT2D eigenvalue weighted by Gasteiger charge is -2.20. The van der Waals surface area contributed by atoms with E-state index in [4.69, 9.17) is 9.47 Å². The standard InChI is InChI=1S/C20H24N2O4S/c1-14(23)21-16-8-10-17(11-9-16)27-13-19(24)22(2)12-15-6-5-7-18(25-3)20(15)26-4/h5-11H,12-13H2,1-4H3,(H,21,23). The Morgan fingerprint density at radius 1 is 1.07 bits per heavy atom. The van der Waals surface area contributed by atoms with Gasteiger partial charge >= 0.3 is 0 Å². The van der Waals surface area contributed by atoms with Gasteiger partial charge in [0.15, 0.2) is 11.5 Å².